The molecular weight excluding hydrogens is 259 g/mol. The molecule has 0 spiro atoms. The average Bonchev–Trinajstić information content (AvgIpc) is 2.85. The van der Waals surface area contributed by atoms with Crippen LogP contribution in [0.15, 0.2) is 6.07 Å². The van der Waals surface area contributed by atoms with E-state index in [2.05, 4.69) is 4.74 Å². The number of methoxy groups -OCH3 is 1. The molecule has 0 unspecified atom stereocenters. The summed E-state index contributed by atoms with van der Waals surface area (Å²) in [6.07, 6.45) is 0. The summed E-state index contributed by atoms with van der Waals surface area (Å²) in [5.74, 6) is -3.46. The normalized spacial score (nSPS) is 12.2. The second kappa shape index (κ2) is 5.13. The predicted octanol–water partition coefficient (Wildman–Crippen LogP) is 1.31. The van der Waals surface area contributed by atoms with Crippen molar-refractivity contribution in [3.63, 3.8) is 0 Å². The van der Waals surface area contributed by atoms with E-state index in [9.17, 15) is 14.0 Å². The number of hydrogen-bond donors (Lipinski definition) is 0. The minimum atomic E-state index is -1.16. The van der Waals surface area contributed by atoms with E-state index in [1.165, 1.54) is 20.1 Å². The molecule has 1 aromatic rings. The summed E-state index contributed by atoms with van der Waals surface area (Å²) < 4.78 is 33.5. The summed E-state index contributed by atoms with van der Waals surface area (Å²) in [6, 6.07) is 1.25. The van der Waals surface area contributed by atoms with Crippen LogP contribution in [0.5, 0.6) is 17.2 Å². The highest BCUT2D eigenvalue weighted by atomic mass is 19.1. The number of carbonyl (C=O) groups excluding carboxylic acids is 2. The first-order chi connectivity index (χ1) is 9.10. The first-order valence-corrected chi connectivity index (χ1v) is 5.47. The van der Waals surface area contributed by atoms with Crippen molar-refractivity contribution in [2.24, 2.45) is 0 Å². The van der Waals surface area contributed by atoms with Gasteiger partial charge in [0.25, 0.3) is 5.78 Å². The Morgan fingerprint density at radius 2 is 2.16 bits per heavy atom. The van der Waals surface area contributed by atoms with E-state index in [-0.39, 0.29) is 30.6 Å². The van der Waals surface area contributed by atoms with Gasteiger partial charge in [0, 0.05) is 6.07 Å². The highest BCUT2D eigenvalue weighted by molar-refractivity contribution is 6.41. The summed E-state index contributed by atoms with van der Waals surface area (Å²) in [4.78, 5) is 23.3. The molecule has 1 aliphatic heterocycles. The molecule has 1 aromatic carbocycles. The van der Waals surface area contributed by atoms with Crippen molar-refractivity contribution in [1.82, 2.24) is 0 Å². The van der Waals surface area contributed by atoms with Gasteiger partial charge in [-0.05, 0) is 6.92 Å². The molecule has 0 fully saturated rings. The van der Waals surface area contributed by atoms with Crippen molar-refractivity contribution in [3.8, 4) is 17.2 Å². The predicted molar refractivity (Wildman–Crippen MR) is 60.0 cm³/mol. The van der Waals surface area contributed by atoms with Gasteiger partial charge in [0.05, 0.1) is 13.7 Å². The van der Waals surface area contributed by atoms with Gasteiger partial charge in [0.2, 0.25) is 6.79 Å². The van der Waals surface area contributed by atoms with Crippen LogP contribution < -0.4 is 14.2 Å². The molecule has 0 aromatic heterocycles. The standard InChI is InChI=1S/C12H11FO6/c1-3-17-12(15)10(14)8-9(13)6(16-2)4-7-11(8)19-5-18-7/h4H,3,5H2,1-2H3. The molecule has 0 amide bonds. The number of fused-ring (bicyclic) bond motifs is 1. The van der Waals surface area contributed by atoms with Crippen LogP contribution in [0.3, 0.4) is 0 Å². The van der Waals surface area contributed by atoms with Crippen molar-refractivity contribution in [1.29, 1.82) is 0 Å². The zero-order valence-electron chi connectivity index (χ0n) is 10.3. The molecule has 0 radical (unpaired) electrons. The minimum absolute atomic E-state index is 0.00963. The maximum absolute atomic E-state index is 14.1. The smallest absolute Gasteiger partial charge is 0.379 e. The van der Waals surface area contributed by atoms with Gasteiger partial charge < -0.3 is 18.9 Å². The van der Waals surface area contributed by atoms with E-state index in [4.69, 9.17) is 14.2 Å². The molecule has 1 aliphatic rings. The maximum Gasteiger partial charge on any atom is 0.379 e. The van der Waals surface area contributed by atoms with Crippen LogP contribution in [0.4, 0.5) is 4.39 Å². The fourth-order valence-corrected chi connectivity index (χ4v) is 1.65. The molecule has 0 N–H and O–H groups in total. The molecule has 2 rings (SSSR count). The van der Waals surface area contributed by atoms with Crippen molar-refractivity contribution in [3.05, 3.63) is 17.4 Å². The number of ether oxygens (including phenoxy) is 4. The quantitative estimate of drug-likeness (QED) is 0.466. The Morgan fingerprint density at radius 3 is 2.79 bits per heavy atom. The summed E-state index contributed by atoms with van der Waals surface area (Å²) in [6.45, 7) is 1.39. The van der Waals surface area contributed by atoms with Gasteiger partial charge in [-0.1, -0.05) is 0 Å². The summed E-state index contributed by atoms with van der Waals surface area (Å²) in [5, 5.41) is 0. The Balaban J connectivity index is 2.52. The highest BCUT2D eigenvalue weighted by Crippen LogP contribution is 2.41. The Labute approximate surface area is 108 Å². The maximum atomic E-state index is 14.1. The van der Waals surface area contributed by atoms with Crippen LogP contribution in [0, 0.1) is 5.82 Å². The Kier molecular flexibility index (Phi) is 3.55. The van der Waals surface area contributed by atoms with Gasteiger partial charge in [-0.25, -0.2) is 9.18 Å². The van der Waals surface area contributed by atoms with Gasteiger partial charge >= 0.3 is 5.97 Å². The lowest BCUT2D eigenvalue weighted by molar-refractivity contribution is -0.137. The molecule has 7 heteroatoms. The average molecular weight is 270 g/mol. The zero-order valence-corrected chi connectivity index (χ0v) is 10.3. The number of rotatable bonds is 4. The van der Waals surface area contributed by atoms with Gasteiger partial charge in [-0.15, -0.1) is 0 Å². The van der Waals surface area contributed by atoms with E-state index >= 15 is 0 Å². The molecule has 0 aliphatic carbocycles. The molecule has 1 heterocycles. The number of ketones is 1. The van der Waals surface area contributed by atoms with Crippen LogP contribution in [-0.4, -0.2) is 32.3 Å². The lowest BCUT2D eigenvalue weighted by Crippen LogP contribution is -2.19. The fraction of sp³-hybridized carbons (Fsp3) is 0.333. The van der Waals surface area contributed by atoms with Gasteiger partial charge in [0.15, 0.2) is 23.1 Å². The lowest BCUT2D eigenvalue weighted by atomic mass is 10.1. The third-order valence-corrected chi connectivity index (χ3v) is 2.47. The van der Waals surface area contributed by atoms with Crippen LogP contribution in [0.25, 0.3) is 0 Å². The molecule has 102 valence electrons. The molecule has 6 nitrogen and oxygen atoms in total. The van der Waals surface area contributed by atoms with Gasteiger partial charge in [-0.2, -0.15) is 0 Å². The van der Waals surface area contributed by atoms with Crippen molar-refractivity contribution < 1.29 is 32.9 Å². The van der Waals surface area contributed by atoms with Gasteiger partial charge in [-0.3, -0.25) is 4.79 Å². The lowest BCUT2D eigenvalue weighted by Gasteiger charge is -2.09. The first kappa shape index (κ1) is 13.1. The summed E-state index contributed by atoms with van der Waals surface area (Å²) >= 11 is 0. The number of halogens is 1. The Bertz CT molecular complexity index is 539. The van der Waals surface area contributed by atoms with Crippen molar-refractivity contribution in [2.45, 2.75) is 6.92 Å². The highest BCUT2D eigenvalue weighted by Gasteiger charge is 2.33. The SMILES string of the molecule is CCOC(=O)C(=O)c1c(F)c(OC)cc2c1OCO2. The topological polar surface area (TPSA) is 71.1 Å². The van der Waals surface area contributed by atoms with Gasteiger partial charge in [0.1, 0.15) is 5.56 Å². The fourth-order valence-electron chi connectivity index (χ4n) is 1.65. The van der Waals surface area contributed by atoms with Crippen LogP contribution in [-0.2, 0) is 9.53 Å². The number of benzene rings is 1. The second-order valence-corrected chi connectivity index (χ2v) is 3.55. The van der Waals surface area contributed by atoms with Crippen LogP contribution in [0.2, 0.25) is 0 Å². The molecule has 19 heavy (non-hydrogen) atoms. The monoisotopic (exact) mass is 270 g/mol. The third-order valence-electron chi connectivity index (χ3n) is 2.47. The van der Waals surface area contributed by atoms with Crippen molar-refractivity contribution in [2.75, 3.05) is 20.5 Å². The van der Waals surface area contributed by atoms with E-state index in [0.717, 1.165) is 0 Å². The summed E-state index contributed by atoms with van der Waals surface area (Å²) in [5.41, 5.74) is -0.537. The molecule has 0 bridgehead atoms. The van der Waals surface area contributed by atoms with Crippen LogP contribution in [0.1, 0.15) is 17.3 Å². The van der Waals surface area contributed by atoms with Crippen LogP contribution >= 0.6 is 0 Å². The minimum Gasteiger partial charge on any atom is -0.494 e. The molecule has 0 saturated carbocycles. The van der Waals surface area contributed by atoms with E-state index < -0.39 is 23.1 Å². The molecular formula is C12H11FO6. The molecule has 0 atom stereocenters. The Morgan fingerprint density at radius 1 is 1.42 bits per heavy atom. The second-order valence-electron chi connectivity index (χ2n) is 3.55. The first-order valence-electron chi connectivity index (χ1n) is 5.47. The number of Topliss-reactive ketones (excluding diaryl/α,β-unsaturated/α-hetero) is 1. The Hall–Kier alpha value is -2.31. The number of esters is 1. The van der Waals surface area contributed by atoms with E-state index in [1.54, 1.807) is 0 Å². The number of carbonyl (C=O) groups is 2. The van der Waals surface area contributed by atoms with E-state index in [0.29, 0.717) is 0 Å². The largest absolute Gasteiger partial charge is 0.494 e. The molecule has 0 saturated heterocycles. The third kappa shape index (κ3) is 2.18. The number of hydrogen-bond acceptors (Lipinski definition) is 6. The van der Waals surface area contributed by atoms with Crippen molar-refractivity contribution >= 4 is 11.8 Å². The zero-order chi connectivity index (χ0) is 14.0. The summed E-state index contributed by atoms with van der Waals surface area (Å²) in [7, 11) is 1.24. The van der Waals surface area contributed by atoms with E-state index in [1.807, 2.05) is 0 Å².